The average molecular weight is 399 g/mol. The lowest BCUT2D eigenvalue weighted by atomic mass is 10.1. The van der Waals surface area contributed by atoms with Crippen LogP contribution in [0.2, 0.25) is 10.0 Å². The highest BCUT2D eigenvalue weighted by molar-refractivity contribution is 8.13. The van der Waals surface area contributed by atoms with E-state index in [0.29, 0.717) is 39.0 Å². The van der Waals surface area contributed by atoms with Crippen molar-refractivity contribution in [2.24, 2.45) is 10.7 Å². The quantitative estimate of drug-likeness (QED) is 0.537. The number of aliphatic imine (C=N–C) groups is 1. The van der Waals surface area contributed by atoms with Gasteiger partial charge >= 0.3 is 0 Å². The van der Waals surface area contributed by atoms with E-state index in [4.69, 9.17) is 38.4 Å². The molecular formula is C18H20Cl2N2O2S. The number of nitrogens with two attached hydrogens (primary N) is 1. The van der Waals surface area contributed by atoms with E-state index in [9.17, 15) is 0 Å². The Morgan fingerprint density at radius 2 is 1.84 bits per heavy atom. The maximum absolute atomic E-state index is 6.15. The Labute approximate surface area is 162 Å². The molecule has 0 fully saturated rings. The van der Waals surface area contributed by atoms with Gasteiger partial charge in [0, 0.05) is 22.3 Å². The van der Waals surface area contributed by atoms with Crippen molar-refractivity contribution in [3.63, 3.8) is 0 Å². The molecule has 25 heavy (non-hydrogen) atoms. The van der Waals surface area contributed by atoms with Gasteiger partial charge in [-0.25, -0.2) is 0 Å². The van der Waals surface area contributed by atoms with E-state index in [1.807, 2.05) is 30.3 Å². The zero-order valence-corrected chi connectivity index (χ0v) is 16.4. The molecular weight excluding hydrogens is 379 g/mol. The van der Waals surface area contributed by atoms with Crippen molar-refractivity contribution in [2.75, 3.05) is 20.8 Å². The third-order valence-electron chi connectivity index (χ3n) is 3.51. The fourth-order valence-corrected chi connectivity index (χ4v) is 3.46. The van der Waals surface area contributed by atoms with E-state index in [1.54, 1.807) is 20.3 Å². The van der Waals surface area contributed by atoms with E-state index in [-0.39, 0.29) is 0 Å². The molecule has 4 nitrogen and oxygen atoms in total. The van der Waals surface area contributed by atoms with E-state index >= 15 is 0 Å². The number of rotatable bonds is 7. The van der Waals surface area contributed by atoms with Gasteiger partial charge in [-0.05, 0) is 41.8 Å². The van der Waals surface area contributed by atoms with E-state index in [2.05, 4.69) is 4.99 Å². The van der Waals surface area contributed by atoms with Crippen LogP contribution in [-0.4, -0.2) is 25.9 Å². The predicted octanol–water partition coefficient (Wildman–Crippen LogP) is 4.80. The molecule has 2 aromatic carbocycles. The van der Waals surface area contributed by atoms with Crippen molar-refractivity contribution >= 4 is 40.1 Å². The fourth-order valence-electron chi connectivity index (χ4n) is 2.17. The van der Waals surface area contributed by atoms with E-state index < -0.39 is 0 Å². The van der Waals surface area contributed by atoms with Crippen molar-refractivity contribution in [2.45, 2.75) is 12.2 Å². The third-order valence-corrected chi connectivity index (χ3v) is 4.97. The lowest BCUT2D eigenvalue weighted by Crippen LogP contribution is -2.08. The maximum Gasteiger partial charge on any atom is 0.160 e. The molecule has 0 aliphatic rings. The molecule has 0 radical (unpaired) electrons. The van der Waals surface area contributed by atoms with Crippen LogP contribution >= 0.6 is 35.0 Å². The number of halogens is 2. The molecule has 0 bridgehead atoms. The predicted molar refractivity (Wildman–Crippen MR) is 107 cm³/mol. The molecule has 2 aromatic rings. The van der Waals surface area contributed by atoms with Crippen LogP contribution in [0.4, 0.5) is 0 Å². The Morgan fingerprint density at radius 3 is 2.52 bits per heavy atom. The first kappa shape index (κ1) is 19.8. The van der Waals surface area contributed by atoms with Crippen molar-refractivity contribution in [3.8, 4) is 11.5 Å². The van der Waals surface area contributed by atoms with Crippen LogP contribution in [0.3, 0.4) is 0 Å². The van der Waals surface area contributed by atoms with Crippen LogP contribution in [-0.2, 0) is 12.2 Å². The molecule has 0 saturated carbocycles. The summed E-state index contributed by atoms with van der Waals surface area (Å²) in [5.74, 6) is 2.08. The Kier molecular flexibility index (Phi) is 7.75. The van der Waals surface area contributed by atoms with Gasteiger partial charge in [0.15, 0.2) is 16.7 Å². The molecule has 0 amide bonds. The normalized spacial score (nSPS) is 11.4. The average Bonchev–Trinajstić information content (AvgIpc) is 2.60. The maximum atomic E-state index is 6.15. The lowest BCUT2D eigenvalue weighted by Gasteiger charge is -2.09. The zero-order chi connectivity index (χ0) is 18.2. The van der Waals surface area contributed by atoms with Gasteiger partial charge in [0.05, 0.1) is 14.2 Å². The highest BCUT2D eigenvalue weighted by atomic mass is 35.5. The third kappa shape index (κ3) is 6.03. The second-order valence-corrected chi connectivity index (χ2v) is 7.02. The molecule has 7 heteroatoms. The Morgan fingerprint density at radius 1 is 1.08 bits per heavy atom. The van der Waals surface area contributed by atoms with Gasteiger partial charge in [0.25, 0.3) is 0 Å². The summed E-state index contributed by atoms with van der Waals surface area (Å²) in [6, 6.07) is 11.3. The Balaban J connectivity index is 1.87. The van der Waals surface area contributed by atoms with Crippen molar-refractivity contribution < 1.29 is 9.47 Å². The van der Waals surface area contributed by atoms with Crippen LogP contribution in [0, 0.1) is 0 Å². The van der Waals surface area contributed by atoms with Crippen LogP contribution < -0.4 is 15.2 Å². The molecule has 2 rings (SSSR count). The molecule has 0 heterocycles. The second-order valence-electron chi connectivity index (χ2n) is 5.18. The molecule has 0 spiro atoms. The number of hydrogen-bond donors (Lipinski definition) is 1. The molecule has 134 valence electrons. The summed E-state index contributed by atoms with van der Waals surface area (Å²) < 4.78 is 10.5. The number of nitrogens with zero attached hydrogens (tertiary/aromatic N) is 1. The first-order chi connectivity index (χ1) is 12.0. The molecule has 2 N–H and O–H groups in total. The SMILES string of the molecule is COc1ccc(CCN=C(N)SCc2ccc(Cl)cc2Cl)cc1OC. The standard InChI is InChI=1S/C18H20Cl2N2O2S/c1-23-16-6-3-12(9-17(16)24-2)7-8-22-18(21)25-11-13-4-5-14(19)10-15(13)20/h3-6,9-10H,7-8,11H2,1-2H3,(H2,21,22). The first-order valence-corrected chi connectivity index (χ1v) is 9.35. The van der Waals surface area contributed by atoms with Crippen molar-refractivity contribution in [1.29, 1.82) is 0 Å². The summed E-state index contributed by atoms with van der Waals surface area (Å²) in [7, 11) is 3.24. The van der Waals surface area contributed by atoms with Crippen LogP contribution in [0.25, 0.3) is 0 Å². The van der Waals surface area contributed by atoms with Crippen molar-refractivity contribution in [3.05, 3.63) is 57.6 Å². The van der Waals surface area contributed by atoms with Gasteiger partial charge in [0.1, 0.15) is 0 Å². The minimum atomic E-state index is 0.534. The second kappa shape index (κ2) is 9.80. The van der Waals surface area contributed by atoms with Gasteiger partial charge in [-0.3, -0.25) is 4.99 Å². The van der Waals surface area contributed by atoms with Crippen molar-refractivity contribution in [1.82, 2.24) is 0 Å². The van der Waals surface area contributed by atoms with Gasteiger partial charge in [0.2, 0.25) is 0 Å². The number of hydrogen-bond acceptors (Lipinski definition) is 4. The minimum Gasteiger partial charge on any atom is -0.493 e. The smallest absolute Gasteiger partial charge is 0.160 e. The highest BCUT2D eigenvalue weighted by Crippen LogP contribution is 2.28. The first-order valence-electron chi connectivity index (χ1n) is 7.61. The summed E-state index contributed by atoms with van der Waals surface area (Å²) >= 11 is 13.5. The minimum absolute atomic E-state index is 0.534. The van der Waals surface area contributed by atoms with Gasteiger partial charge in [-0.1, -0.05) is 47.1 Å². The Bertz CT molecular complexity index is 754. The van der Waals surface area contributed by atoms with Crippen LogP contribution in [0.15, 0.2) is 41.4 Å². The summed E-state index contributed by atoms with van der Waals surface area (Å²) in [5, 5.41) is 1.79. The van der Waals surface area contributed by atoms with E-state index in [0.717, 1.165) is 17.5 Å². The van der Waals surface area contributed by atoms with Gasteiger partial charge in [-0.2, -0.15) is 0 Å². The number of ether oxygens (including phenoxy) is 2. The largest absolute Gasteiger partial charge is 0.493 e. The lowest BCUT2D eigenvalue weighted by molar-refractivity contribution is 0.354. The fraction of sp³-hybridized carbons (Fsp3) is 0.278. The highest BCUT2D eigenvalue weighted by Gasteiger charge is 2.05. The molecule has 0 unspecified atom stereocenters. The molecule has 0 saturated heterocycles. The number of benzene rings is 2. The summed E-state index contributed by atoms with van der Waals surface area (Å²) in [4.78, 5) is 4.40. The van der Waals surface area contributed by atoms with Crippen LogP contribution in [0.5, 0.6) is 11.5 Å². The topological polar surface area (TPSA) is 56.8 Å². The number of thioether (sulfide) groups is 1. The Hall–Kier alpha value is -1.56. The van der Waals surface area contributed by atoms with E-state index in [1.165, 1.54) is 11.8 Å². The summed E-state index contributed by atoms with van der Waals surface area (Å²) in [6.07, 6.45) is 0.767. The van der Waals surface area contributed by atoms with Gasteiger partial charge in [-0.15, -0.1) is 0 Å². The zero-order valence-electron chi connectivity index (χ0n) is 14.1. The summed E-state index contributed by atoms with van der Waals surface area (Å²) in [6.45, 7) is 0.600. The molecule has 0 atom stereocenters. The van der Waals surface area contributed by atoms with Gasteiger partial charge < -0.3 is 15.2 Å². The molecule has 0 aromatic heterocycles. The summed E-state index contributed by atoms with van der Waals surface area (Å²) in [5.41, 5.74) is 8.06. The molecule has 0 aliphatic heterocycles. The monoisotopic (exact) mass is 398 g/mol. The van der Waals surface area contributed by atoms with Crippen LogP contribution in [0.1, 0.15) is 11.1 Å². The number of methoxy groups -OCH3 is 2. The molecule has 0 aliphatic carbocycles. The number of amidine groups is 1.